The number of methoxy groups -OCH3 is 1. The van der Waals surface area contributed by atoms with E-state index in [1.165, 1.54) is 18.0 Å². The molecule has 1 atom stereocenters. The van der Waals surface area contributed by atoms with Crippen molar-refractivity contribution in [3.63, 3.8) is 0 Å². The summed E-state index contributed by atoms with van der Waals surface area (Å²) in [6.45, 7) is 13.2. The van der Waals surface area contributed by atoms with Crippen LogP contribution in [0.5, 0.6) is 17.2 Å². The lowest BCUT2D eigenvalue weighted by Gasteiger charge is -2.34. The van der Waals surface area contributed by atoms with E-state index in [0.29, 0.717) is 24.2 Å². The number of nitrogens with zero attached hydrogens (tertiary/aromatic N) is 2. The van der Waals surface area contributed by atoms with Crippen molar-refractivity contribution in [3.05, 3.63) is 34.6 Å². The topological polar surface area (TPSA) is 94.8 Å². The van der Waals surface area contributed by atoms with Crippen LogP contribution in [-0.4, -0.2) is 27.3 Å². The van der Waals surface area contributed by atoms with E-state index in [4.69, 9.17) is 13.9 Å². The molecular formula is C20H32N3O5P. The molecule has 1 heterocycles. The fourth-order valence-electron chi connectivity index (χ4n) is 2.84. The van der Waals surface area contributed by atoms with E-state index >= 15 is 0 Å². The SMILES string of the molecule is CCC(C)(CC)P(=O)(ONn1nc(C)c(C)c1C)Oc1cc(C)c(O)c(OC)c1. The molecule has 2 aromatic rings. The largest absolute Gasteiger partial charge is 0.504 e. The second-order valence-electron chi connectivity index (χ2n) is 7.47. The third kappa shape index (κ3) is 4.38. The minimum absolute atomic E-state index is 0.0144. The van der Waals surface area contributed by atoms with Crippen molar-refractivity contribution >= 4 is 7.60 Å². The monoisotopic (exact) mass is 425 g/mol. The molecule has 29 heavy (non-hydrogen) atoms. The van der Waals surface area contributed by atoms with Gasteiger partial charge in [0, 0.05) is 6.07 Å². The molecule has 0 spiro atoms. The van der Waals surface area contributed by atoms with Crippen LogP contribution in [0.2, 0.25) is 0 Å². The quantitative estimate of drug-likeness (QED) is 0.423. The molecule has 0 aliphatic heterocycles. The Balaban J connectivity index is 2.42. The summed E-state index contributed by atoms with van der Waals surface area (Å²) in [6, 6.07) is 3.10. The fourth-order valence-corrected chi connectivity index (χ4v) is 4.66. The number of phenolic OH excluding ortho intramolecular Hbond substituents is 1. The third-order valence-electron chi connectivity index (χ3n) is 5.77. The highest BCUT2D eigenvalue weighted by molar-refractivity contribution is 7.56. The Morgan fingerprint density at radius 2 is 1.83 bits per heavy atom. The summed E-state index contributed by atoms with van der Waals surface area (Å²) in [4.78, 5) is 1.45. The average Bonchev–Trinajstić information content (AvgIpc) is 2.94. The Hall–Kier alpha value is -2.18. The van der Waals surface area contributed by atoms with Gasteiger partial charge in [0.1, 0.15) is 5.75 Å². The molecule has 1 unspecified atom stereocenters. The van der Waals surface area contributed by atoms with Gasteiger partial charge in [-0.25, -0.2) is 4.57 Å². The van der Waals surface area contributed by atoms with Crippen LogP contribution in [0.15, 0.2) is 12.1 Å². The zero-order valence-corrected chi connectivity index (χ0v) is 19.4. The van der Waals surface area contributed by atoms with E-state index in [1.54, 1.807) is 13.0 Å². The second-order valence-corrected chi connectivity index (χ2v) is 9.91. The molecule has 0 saturated heterocycles. The first kappa shape index (κ1) is 23.1. The highest BCUT2D eigenvalue weighted by atomic mass is 31.2. The third-order valence-corrected chi connectivity index (χ3v) is 8.50. The van der Waals surface area contributed by atoms with Crippen molar-refractivity contribution in [2.45, 2.75) is 66.5 Å². The number of ether oxygens (including phenoxy) is 1. The van der Waals surface area contributed by atoms with E-state index in [0.717, 1.165) is 17.0 Å². The van der Waals surface area contributed by atoms with Crippen LogP contribution in [0.4, 0.5) is 0 Å². The van der Waals surface area contributed by atoms with Crippen molar-refractivity contribution in [1.29, 1.82) is 0 Å². The number of nitrogens with one attached hydrogen (secondary N) is 1. The predicted octanol–water partition coefficient (Wildman–Crippen LogP) is 5.16. The standard InChI is InChI=1S/C20H32N3O5P/c1-9-20(7,10-2)29(25,28-22-23-16(6)14(4)15(5)21-23)27-17-11-13(3)19(24)18(12-17)26-8/h11-12,22,24H,9-10H2,1-8H3. The van der Waals surface area contributed by atoms with E-state index in [-0.39, 0.29) is 11.5 Å². The van der Waals surface area contributed by atoms with Crippen molar-refractivity contribution in [2.24, 2.45) is 0 Å². The summed E-state index contributed by atoms with van der Waals surface area (Å²) < 4.78 is 30.9. The maximum Gasteiger partial charge on any atom is 0.407 e. The molecule has 162 valence electrons. The van der Waals surface area contributed by atoms with Gasteiger partial charge in [-0.15, -0.1) is 0 Å². The van der Waals surface area contributed by atoms with Crippen LogP contribution in [-0.2, 0) is 9.19 Å². The summed E-state index contributed by atoms with van der Waals surface area (Å²) in [5, 5.41) is 13.7. The Bertz CT molecular complexity index is 921. The van der Waals surface area contributed by atoms with Crippen LogP contribution in [0.25, 0.3) is 0 Å². The van der Waals surface area contributed by atoms with Crippen molar-refractivity contribution < 1.29 is 23.6 Å². The van der Waals surface area contributed by atoms with Gasteiger partial charge in [0.2, 0.25) is 0 Å². The molecule has 0 radical (unpaired) electrons. The summed E-state index contributed by atoms with van der Waals surface area (Å²) in [5.41, 5.74) is 5.97. The molecule has 0 amide bonds. The van der Waals surface area contributed by atoms with Gasteiger partial charge in [0.25, 0.3) is 0 Å². The van der Waals surface area contributed by atoms with Gasteiger partial charge in [-0.1, -0.05) is 13.8 Å². The summed E-state index contributed by atoms with van der Waals surface area (Å²) in [7, 11) is -2.28. The van der Waals surface area contributed by atoms with E-state index in [9.17, 15) is 9.67 Å². The molecule has 8 nitrogen and oxygen atoms in total. The minimum Gasteiger partial charge on any atom is -0.504 e. The highest BCUT2D eigenvalue weighted by Crippen LogP contribution is 2.62. The van der Waals surface area contributed by atoms with Gasteiger partial charge in [0.15, 0.2) is 11.5 Å². The number of hydrogen-bond donors (Lipinski definition) is 2. The van der Waals surface area contributed by atoms with Gasteiger partial charge in [-0.3, -0.25) is 0 Å². The van der Waals surface area contributed by atoms with Gasteiger partial charge in [-0.05, 0) is 64.7 Å². The van der Waals surface area contributed by atoms with Crippen LogP contribution in [0.1, 0.15) is 56.1 Å². The number of rotatable bonds is 9. The summed E-state index contributed by atoms with van der Waals surface area (Å²) in [6.07, 6.45) is 1.15. The number of aromatic hydroxyl groups is 1. The molecule has 2 N–H and O–H groups in total. The normalized spacial score (nSPS) is 13.8. The van der Waals surface area contributed by atoms with E-state index in [2.05, 4.69) is 10.7 Å². The van der Waals surface area contributed by atoms with Gasteiger partial charge in [0.05, 0.1) is 23.7 Å². The van der Waals surface area contributed by atoms with Crippen LogP contribution >= 0.6 is 7.60 Å². The van der Waals surface area contributed by atoms with Crippen LogP contribution < -0.4 is 14.8 Å². The molecule has 0 fully saturated rings. The summed E-state index contributed by atoms with van der Waals surface area (Å²) >= 11 is 0. The van der Waals surface area contributed by atoms with Gasteiger partial charge < -0.3 is 14.4 Å². The molecular weight excluding hydrogens is 393 g/mol. The van der Waals surface area contributed by atoms with Crippen molar-refractivity contribution in [1.82, 2.24) is 9.89 Å². The Labute approximate surface area is 172 Å². The predicted molar refractivity (Wildman–Crippen MR) is 114 cm³/mol. The van der Waals surface area contributed by atoms with Crippen molar-refractivity contribution in [2.75, 3.05) is 12.7 Å². The number of aryl methyl sites for hydroxylation is 2. The molecule has 2 rings (SSSR count). The molecule has 9 heteroatoms. The molecule has 0 saturated carbocycles. The molecule has 0 bridgehead atoms. The first-order chi connectivity index (χ1) is 13.5. The van der Waals surface area contributed by atoms with Crippen LogP contribution in [0, 0.1) is 27.7 Å². The summed E-state index contributed by atoms with van der Waals surface area (Å²) in [5.74, 6) is 0.545. The first-order valence-electron chi connectivity index (χ1n) is 9.66. The number of benzene rings is 1. The van der Waals surface area contributed by atoms with E-state index < -0.39 is 12.8 Å². The zero-order valence-electron chi connectivity index (χ0n) is 18.5. The average molecular weight is 425 g/mol. The lowest BCUT2D eigenvalue weighted by atomic mass is 10.1. The lowest BCUT2D eigenvalue weighted by Crippen LogP contribution is -2.30. The van der Waals surface area contributed by atoms with E-state index in [1.807, 2.05) is 41.5 Å². The Kier molecular flexibility index (Phi) is 6.91. The van der Waals surface area contributed by atoms with Gasteiger partial charge in [-0.2, -0.15) is 20.1 Å². The number of phenols is 1. The highest BCUT2D eigenvalue weighted by Gasteiger charge is 2.47. The second kappa shape index (κ2) is 8.67. The lowest BCUT2D eigenvalue weighted by molar-refractivity contribution is 0.242. The Morgan fingerprint density at radius 1 is 1.21 bits per heavy atom. The first-order valence-corrected chi connectivity index (χ1v) is 11.2. The molecule has 0 aliphatic carbocycles. The fraction of sp³-hybridized carbons (Fsp3) is 0.550. The number of hydrogen-bond acceptors (Lipinski definition) is 7. The maximum atomic E-state index is 14.0. The molecule has 0 aliphatic rings. The minimum atomic E-state index is -3.73. The number of aromatic nitrogens is 2. The maximum absolute atomic E-state index is 14.0. The Morgan fingerprint density at radius 3 is 2.31 bits per heavy atom. The van der Waals surface area contributed by atoms with Gasteiger partial charge >= 0.3 is 7.60 Å². The molecule has 1 aromatic carbocycles. The van der Waals surface area contributed by atoms with Crippen molar-refractivity contribution in [3.8, 4) is 17.2 Å². The zero-order chi connectivity index (χ0) is 22.0. The van der Waals surface area contributed by atoms with Crippen LogP contribution in [0.3, 0.4) is 0 Å². The smallest absolute Gasteiger partial charge is 0.407 e. The molecule has 1 aromatic heterocycles.